The van der Waals surface area contributed by atoms with Crippen LogP contribution < -0.4 is 5.32 Å². The fourth-order valence-corrected chi connectivity index (χ4v) is 1.31. The second kappa shape index (κ2) is 5.91. The Morgan fingerprint density at radius 1 is 1.32 bits per heavy atom. The second-order valence-electron chi connectivity index (χ2n) is 3.52. The minimum atomic E-state index is -1.48. The number of hydrogen-bond donors (Lipinski definition) is 2. The van der Waals surface area contributed by atoms with Crippen molar-refractivity contribution in [2.75, 3.05) is 0 Å². The summed E-state index contributed by atoms with van der Waals surface area (Å²) in [6, 6.07) is -0.856. The van der Waals surface area contributed by atoms with Crippen molar-refractivity contribution in [1.82, 2.24) is 5.32 Å². The molecule has 100 valence electrons. The van der Waals surface area contributed by atoms with Crippen molar-refractivity contribution in [2.45, 2.75) is 12.5 Å². The van der Waals surface area contributed by atoms with Crippen LogP contribution in [0.2, 0.25) is 0 Å². The van der Waals surface area contributed by atoms with Crippen LogP contribution in [0.4, 0.5) is 13.2 Å². The van der Waals surface area contributed by atoms with E-state index < -0.39 is 40.9 Å². The lowest BCUT2D eigenvalue weighted by atomic mass is 10.1. The molecule has 19 heavy (non-hydrogen) atoms. The van der Waals surface area contributed by atoms with E-state index in [1.807, 2.05) is 11.2 Å². The summed E-state index contributed by atoms with van der Waals surface area (Å²) in [4.78, 5) is 22.3. The van der Waals surface area contributed by atoms with E-state index in [0.717, 1.165) is 0 Å². The monoisotopic (exact) mass is 271 g/mol. The van der Waals surface area contributed by atoms with Crippen LogP contribution in [0.15, 0.2) is 12.1 Å². The Bertz CT molecular complexity index is 543. The SMILES string of the molecule is C#CC[C@@H](NC(=O)c1c(F)cc(F)cc1F)C(=O)O. The molecule has 7 heteroatoms. The highest BCUT2D eigenvalue weighted by molar-refractivity contribution is 5.97. The Kier molecular flexibility index (Phi) is 4.53. The van der Waals surface area contributed by atoms with Gasteiger partial charge in [0.15, 0.2) is 0 Å². The average molecular weight is 271 g/mol. The summed E-state index contributed by atoms with van der Waals surface area (Å²) in [5.41, 5.74) is -1.07. The Hall–Kier alpha value is -2.49. The van der Waals surface area contributed by atoms with Gasteiger partial charge in [0.2, 0.25) is 0 Å². The number of halogens is 3. The molecule has 0 aliphatic carbocycles. The third-order valence-corrected chi connectivity index (χ3v) is 2.16. The van der Waals surface area contributed by atoms with Crippen LogP contribution in [0.1, 0.15) is 16.8 Å². The van der Waals surface area contributed by atoms with E-state index in [-0.39, 0.29) is 6.42 Å². The standard InChI is InChI=1S/C12H8F3NO3/c1-2-3-9(12(18)19)16-11(17)10-7(14)4-6(13)5-8(10)15/h1,4-5,9H,3H2,(H,16,17)(H,18,19)/t9-/m1/s1. The Labute approximate surface area is 106 Å². The zero-order valence-corrected chi connectivity index (χ0v) is 9.41. The van der Waals surface area contributed by atoms with Crippen LogP contribution in [0.5, 0.6) is 0 Å². The summed E-state index contributed by atoms with van der Waals surface area (Å²) in [6.45, 7) is 0. The Morgan fingerprint density at radius 3 is 2.26 bits per heavy atom. The van der Waals surface area contributed by atoms with Crippen LogP contribution in [-0.4, -0.2) is 23.0 Å². The molecule has 0 spiro atoms. The highest BCUT2D eigenvalue weighted by atomic mass is 19.1. The fourth-order valence-electron chi connectivity index (χ4n) is 1.31. The predicted molar refractivity (Wildman–Crippen MR) is 58.7 cm³/mol. The first kappa shape index (κ1) is 14.6. The van der Waals surface area contributed by atoms with Gasteiger partial charge in [-0.2, -0.15) is 0 Å². The van der Waals surface area contributed by atoms with Gasteiger partial charge in [-0.3, -0.25) is 4.79 Å². The van der Waals surface area contributed by atoms with Gasteiger partial charge in [0.1, 0.15) is 29.1 Å². The summed E-state index contributed by atoms with van der Waals surface area (Å²) < 4.78 is 39.2. The number of benzene rings is 1. The number of carbonyl (C=O) groups is 2. The van der Waals surface area contributed by atoms with E-state index in [9.17, 15) is 22.8 Å². The van der Waals surface area contributed by atoms with E-state index >= 15 is 0 Å². The Morgan fingerprint density at radius 2 is 1.84 bits per heavy atom. The van der Waals surface area contributed by atoms with Gasteiger partial charge in [-0.1, -0.05) is 0 Å². The quantitative estimate of drug-likeness (QED) is 0.811. The molecular weight excluding hydrogens is 263 g/mol. The van der Waals surface area contributed by atoms with Gasteiger partial charge in [0.05, 0.1) is 0 Å². The number of carboxylic acids is 1. The number of nitrogens with one attached hydrogen (secondary N) is 1. The van der Waals surface area contributed by atoms with Gasteiger partial charge in [0, 0.05) is 18.6 Å². The van der Waals surface area contributed by atoms with Crippen LogP contribution in [0.25, 0.3) is 0 Å². The largest absolute Gasteiger partial charge is 0.480 e. The highest BCUT2D eigenvalue weighted by Crippen LogP contribution is 2.15. The van der Waals surface area contributed by atoms with Gasteiger partial charge in [-0.05, 0) is 0 Å². The van der Waals surface area contributed by atoms with Crippen LogP contribution in [0, 0.1) is 29.8 Å². The first-order valence-electron chi connectivity index (χ1n) is 4.98. The minimum Gasteiger partial charge on any atom is -0.480 e. The van der Waals surface area contributed by atoms with Crippen molar-refractivity contribution in [1.29, 1.82) is 0 Å². The predicted octanol–water partition coefficient (Wildman–Crippen LogP) is 1.31. The van der Waals surface area contributed by atoms with Gasteiger partial charge in [-0.25, -0.2) is 18.0 Å². The molecule has 2 N–H and O–H groups in total. The third kappa shape index (κ3) is 3.48. The van der Waals surface area contributed by atoms with Crippen LogP contribution in [-0.2, 0) is 4.79 Å². The topological polar surface area (TPSA) is 66.4 Å². The molecular formula is C12H8F3NO3. The molecule has 0 saturated heterocycles. The molecule has 1 aromatic rings. The van der Waals surface area contributed by atoms with E-state index in [1.54, 1.807) is 0 Å². The maximum absolute atomic E-state index is 13.3. The lowest BCUT2D eigenvalue weighted by Crippen LogP contribution is -2.41. The lowest BCUT2D eigenvalue weighted by molar-refractivity contribution is -0.139. The van der Waals surface area contributed by atoms with Crippen molar-refractivity contribution < 1.29 is 27.9 Å². The highest BCUT2D eigenvalue weighted by Gasteiger charge is 2.24. The average Bonchev–Trinajstić information content (AvgIpc) is 2.26. The summed E-state index contributed by atoms with van der Waals surface area (Å²) in [5, 5.41) is 10.6. The maximum Gasteiger partial charge on any atom is 0.327 e. The van der Waals surface area contributed by atoms with Gasteiger partial charge < -0.3 is 10.4 Å². The third-order valence-electron chi connectivity index (χ3n) is 2.16. The number of amides is 1. The van der Waals surface area contributed by atoms with Crippen molar-refractivity contribution in [3.63, 3.8) is 0 Å². The summed E-state index contributed by atoms with van der Waals surface area (Å²) in [6.07, 6.45) is 4.54. The molecule has 1 rings (SSSR count). The number of hydrogen-bond acceptors (Lipinski definition) is 2. The molecule has 1 amide bonds. The normalized spacial score (nSPS) is 11.5. The molecule has 4 nitrogen and oxygen atoms in total. The molecule has 0 fully saturated rings. The first-order chi connectivity index (χ1) is 8.86. The van der Waals surface area contributed by atoms with Gasteiger partial charge in [-0.15, -0.1) is 12.3 Å². The smallest absolute Gasteiger partial charge is 0.327 e. The molecule has 0 aromatic heterocycles. The molecule has 0 radical (unpaired) electrons. The molecule has 1 atom stereocenters. The van der Waals surface area contributed by atoms with E-state index in [1.165, 1.54) is 0 Å². The first-order valence-corrected chi connectivity index (χ1v) is 4.98. The van der Waals surface area contributed by atoms with Gasteiger partial charge >= 0.3 is 5.97 Å². The van der Waals surface area contributed by atoms with Crippen molar-refractivity contribution in [2.24, 2.45) is 0 Å². The number of carboxylic acid groups (broad SMARTS) is 1. The number of terminal acetylenes is 1. The van der Waals surface area contributed by atoms with Crippen LogP contribution in [0.3, 0.4) is 0 Å². The number of rotatable bonds is 4. The Balaban J connectivity index is 3.02. The lowest BCUT2D eigenvalue weighted by Gasteiger charge is -2.12. The number of aliphatic carboxylic acids is 1. The van der Waals surface area contributed by atoms with E-state index in [4.69, 9.17) is 11.5 Å². The molecule has 0 aliphatic rings. The van der Waals surface area contributed by atoms with Crippen molar-refractivity contribution in [3.05, 3.63) is 35.1 Å². The fraction of sp³-hybridized carbons (Fsp3) is 0.167. The summed E-state index contributed by atoms with van der Waals surface area (Å²) >= 11 is 0. The van der Waals surface area contributed by atoms with E-state index in [2.05, 4.69) is 0 Å². The van der Waals surface area contributed by atoms with Gasteiger partial charge in [0.25, 0.3) is 5.91 Å². The summed E-state index contributed by atoms with van der Waals surface area (Å²) in [7, 11) is 0. The summed E-state index contributed by atoms with van der Waals surface area (Å²) in [5.74, 6) is -4.82. The minimum absolute atomic E-state index is 0.314. The van der Waals surface area contributed by atoms with Crippen molar-refractivity contribution >= 4 is 11.9 Å². The molecule has 0 aliphatic heterocycles. The molecule has 0 bridgehead atoms. The maximum atomic E-state index is 13.3. The number of carbonyl (C=O) groups excluding carboxylic acids is 1. The van der Waals surface area contributed by atoms with E-state index in [0.29, 0.717) is 12.1 Å². The molecule has 0 unspecified atom stereocenters. The van der Waals surface area contributed by atoms with Crippen molar-refractivity contribution in [3.8, 4) is 12.3 Å². The second-order valence-corrected chi connectivity index (χ2v) is 3.52. The molecule has 0 heterocycles. The zero-order chi connectivity index (χ0) is 14.6. The zero-order valence-electron chi connectivity index (χ0n) is 9.41. The molecule has 0 saturated carbocycles. The molecule has 1 aromatic carbocycles. The van der Waals surface area contributed by atoms with Crippen LogP contribution >= 0.6 is 0 Å².